The van der Waals surface area contributed by atoms with Gasteiger partial charge < -0.3 is 79.9 Å². The van der Waals surface area contributed by atoms with Gasteiger partial charge in [0.1, 0.15) is 18.9 Å². The second-order valence-corrected chi connectivity index (χ2v) is 21.9. The number of halogens is 6. The Hall–Kier alpha value is -8.18. The minimum atomic E-state index is -5.02. The van der Waals surface area contributed by atoms with Crippen LogP contribution in [0.3, 0.4) is 0 Å². The minimum Gasteiger partial charge on any atom is -0.503 e. The van der Waals surface area contributed by atoms with Crippen molar-refractivity contribution in [3.8, 4) is 23.0 Å². The van der Waals surface area contributed by atoms with Gasteiger partial charge in [-0.1, -0.05) is 81.4 Å². The number of aromatic nitrogens is 4. The van der Waals surface area contributed by atoms with E-state index in [1.165, 1.54) is 39.5 Å². The van der Waals surface area contributed by atoms with Crippen molar-refractivity contribution < 1.29 is 68.4 Å². The summed E-state index contributed by atoms with van der Waals surface area (Å²) in [6.07, 6.45) is -0.760. The molecule has 30 heteroatoms. The zero-order chi connectivity index (χ0) is 71.6. The van der Waals surface area contributed by atoms with Crippen molar-refractivity contribution in [3.05, 3.63) is 184 Å². The molecule has 0 saturated heterocycles. The molecular weight excluding hydrogens is 1320 g/mol. The van der Waals surface area contributed by atoms with Gasteiger partial charge in [-0.3, -0.25) is 38.4 Å². The van der Waals surface area contributed by atoms with Crippen LogP contribution in [0.4, 0.5) is 13.2 Å². The number of methoxy groups -OCH3 is 1. The van der Waals surface area contributed by atoms with E-state index in [0.717, 1.165) is 38.8 Å². The number of nitrogens with zero attached hydrogens (tertiary/aromatic N) is 4. The Morgan fingerprint density at radius 2 is 0.896 bits per heavy atom. The lowest BCUT2D eigenvalue weighted by Gasteiger charge is -2.22. The molecule has 4 aromatic heterocycles. The molecule has 538 valence electrons. The molecule has 10 N–H and O–H groups in total. The molecule has 6 rings (SSSR count). The number of alkyl halides is 4. The predicted octanol–water partition coefficient (Wildman–Crippen LogP) is 6.53. The summed E-state index contributed by atoms with van der Waals surface area (Å²) >= 11 is 5.73. The number of hydrogen-bond acceptors (Lipinski definition) is 16. The smallest absolute Gasteiger partial charge is 0.420 e. The average Bonchev–Trinajstić information content (AvgIpc) is 0.792. The fourth-order valence-electron chi connectivity index (χ4n) is 8.19. The van der Waals surface area contributed by atoms with Crippen molar-refractivity contribution in [1.29, 1.82) is 0 Å². The monoisotopic (exact) mass is 1420 g/mol. The second-order valence-electron chi connectivity index (χ2n) is 21.7. The van der Waals surface area contributed by atoms with Gasteiger partial charge in [0.25, 0.3) is 0 Å². The SMILES string of the molecule is CNC(=O)C(C)N.CNC(=O)[C@H](C)CCc1cc(=O)c(O)c(C(O)C(F)(F)F)n1C.CNC(=O)[C@H](C)CCc1cc(=O)c(O)cn1C.CNC(=O)[C@H](C)CCc1cc(=O)c(OCc2ccccc2)cn1C.COC(C)O.Cl.Cl.Cn1cc(OCc2ccccc2)c(=O)cc1CCl.[HH]. The van der Waals surface area contributed by atoms with E-state index in [-0.39, 0.29) is 102 Å². The number of likely N-dealkylation sites (N-methyl/N-ethyl adjacent to an activating group) is 1. The predicted molar refractivity (Wildman–Crippen MR) is 370 cm³/mol. The Kier molecular flexibility index (Phi) is 43.1. The van der Waals surface area contributed by atoms with Crippen LogP contribution < -0.4 is 58.2 Å². The number of aromatic hydroxyl groups is 2. The lowest BCUT2D eigenvalue weighted by molar-refractivity contribution is -0.209. The van der Waals surface area contributed by atoms with Gasteiger partial charge in [0.2, 0.25) is 45.3 Å². The summed E-state index contributed by atoms with van der Waals surface area (Å²) in [6, 6.07) is 24.6. The molecule has 4 heterocycles. The van der Waals surface area contributed by atoms with E-state index in [9.17, 15) is 66.8 Å². The van der Waals surface area contributed by atoms with Crippen LogP contribution in [0, 0.1) is 17.8 Å². The fourth-order valence-corrected chi connectivity index (χ4v) is 8.45. The highest BCUT2D eigenvalue weighted by Gasteiger charge is 2.43. The summed E-state index contributed by atoms with van der Waals surface area (Å²) in [5.41, 5.74) is 7.26. The zero-order valence-corrected chi connectivity index (χ0v) is 59.0. The molecule has 6 aromatic rings. The largest absolute Gasteiger partial charge is 0.503 e. The number of aryl methyl sites for hydroxylation is 6. The quantitative estimate of drug-likeness (QED) is 0.0258. The molecule has 96 heavy (non-hydrogen) atoms. The van der Waals surface area contributed by atoms with Crippen LogP contribution >= 0.6 is 36.4 Å². The van der Waals surface area contributed by atoms with Gasteiger partial charge in [-0.25, -0.2) is 0 Å². The summed E-state index contributed by atoms with van der Waals surface area (Å²) in [5, 5.41) is 46.4. The van der Waals surface area contributed by atoms with E-state index in [1.807, 2.05) is 93.2 Å². The molecule has 0 bridgehead atoms. The summed E-state index contributed by atoms with van der Waals surface area (Å²) in [7, 11) is 14.4. The minimum absolute atomic E-state index is 0. The number of nitrogens with one attached hydrogen (secondary N) is 4. The van der Waals surface area contributed by atoms with E-state index >= 15 is 0 Å². The molecular formula is C66H97Cl3F3N9O15. The van der Waals surface area contributed by atoms with E-state index in [2.05, 4.69) is 26.0 Å². The van der Waals surface area contributed by atoms with E-state index in [1.54, 1.807) is 76.6 Å². The number of aliphatic hydroxyl groups excluding tert-OH is 2. The maximum atomic E-state index is 12.7. The van der Waals surface area contributed by atoms with Gasteiger partial charge >= 0.3 is 6.18 Å². The molecule has 0 aliphatic rings. The third-order valence-corrected chi connectivity index (χ3v) is 14.5. The van der Waals surface area contributed by atoms with E-state index < -0.39 is 41.4 Å². The van der Waals surface area contributed by atoms with Crippen molar-refractivity contribution in [2.24, 2.45) is 51.7 Å². The molecule has 2 aromatic carbocycles. The third-order valence-electron chi connectivity index (χ3n) is 14.3. The number of pyridine rings is 4. The first-order chi connectivity index (χ1) is 44.1. The van der Waals surface area contributed by atoms with Gasteiger partial charge in [-0.15, -0.1) is 36.4 Å². The highest BCUT2D eigenvalue weighted by atomic mass is 35.5. The molecule has 4 amide bonds. The second kappa shape index (κ2) is 46.1. The lowest BCUT2D eigenvalue weighted by atomic mass is 10.0. The molecule has 0 fully saturated rings. The number of nitrogens with two attached hydrogens (primary N) is 1. The van der Waals surface area contributed by atoms with E-state index in [4.69, 9.17) is 31.9 Å². The van der Waals surface area contributed by atoms with Crippen LogP contribution in [0.15, 0.2) is 123 Å². The average molecular weight is 1420 g/mol. The van der Waals surface area contributed by atoms with Crippen LogP contribution in [0.5, 0.6) is 23.0 Å². The Morgan fingerprint density at radius 3 is 1.23 bits per heavy atom. The number of rotatable bonds is 22. The van der Waals surface area contributed by atoms with Crippen molar-refractivity contribution in [2.45, 2.75) is 117 Å². The van der Waals surface area contributed by atoms with Crippen LogP contribution in [0.25, 0.3) is 0 Å². The summed E-state index contributed by atoms with van der Waals surface area (Å²) < 4.78 is 59.9. The first-order valence-electron chi connectivity index (χ1n) is 29.8. The van der Waals surface area contributed by atoms with Gasteiger partial charge in [0.15, 0.2) is 35.4 Å². The standard InChI is InChI=1S/C19H24N2O3.C14H14ClNO2.C14H19F3N2O4.C12H18N2O3.C4H10N2O.C3H8O2.2ClH.H2/c1-14(19(23)20-2)9-10-16-11-17(22)18(12-21(16)3)24-13-15-7-5-4-6-8-15;1-16-9-14(13(17)7-12(16)8-15)18-10-11-5-3-2-4-6-11;1-7(13(23)18-2)4-5-8-6-9(20)11(21)10(19(8)3)12(22)14(15,16)17;1-8(12(17)13-2)4-5-9-6-10(15)11(16)7-14(9)3;1-3(5)4(7)6-2;1-3(4)5-2;;;/h4-8,11-12,14H,9-10,13H2,1-3H3,(H,20,23);2-7,9H,8,10H2,1H3;6-7,12,21-22H,4-5H2,1-3H3,(H,18,23);6-8,16H,4-5H2,1-3H3,(H,13,17);3H,5H2,1-2H3,(H,6,7);3-4H,1-2H3;3*1H/t14-;;7-,12?;8-;;;;;/m1.11...../s1. The molecule has 0 saturated carbocycles. The van der Waals surface area contributed by atoms with Crippen LogP contribution in [0.1, 0.15) is 101 Å². The Labute approximate surface area is 576 Å². The molecule has 3 unspecified atom stereocenters. The number of carbonyl (C=O) groups excluding carboxylic acids is 4. The highest BCUT2D eigenvalue weighted by Crippen LogP contribution is 2.35. The first-order valence-corrected chi connectivity index (χ1v) is 30.3. The zero-order valence-electron chi connectivity index (χ0n) is 56.6. The lowest BCUT2D eigenvalue weighted by Crippen LogP contribution is -2.35. The van der Waals surface area contributed by atoms with Crippen molar-refractivity contribution >= 4 is 60.0 Å². The fraction of sp³-hybridized carbons (Fsp3) is 0.455. The summed E-state index contributed by atoms with van der Waals surface area (Å²) in [6.45, 7) is 9.31. The topological polar surface area (TPSA) is 339 Å². The molecule has 24 nitrogen and oxygen atoms in total. The number of amides is 4. The number of aliphatic hydroxyl groups is 2. The Balaban J connectivity index is -0.00000114. The maximum absolute atomic E-state index is 12.7. The highest BCUT2D eigenvalue weighted by molar-refractivity contribution is 6.16. The molecule has 0 aliphatic heterocycles. The summed E-state index contributed by atoms with van der Waals surface area (Å²) in [5.74, 6) is -1.33. The van der Waals surface area contributed by atoms with Gasteiger partial charge in [-0.05, 0) is 63.5 Å². The molecule has 6 atom stereocenters. The van der Waals surface area contributed by atoms with Crippen LogP contribution in [-0.4, -0.2) is 116 Å². The molecule has 0 aliphatic carbocycles. The first kappa shape index (κ1) is 89.9. The third kappa shape index (κ3) is 32.0. The number of carbonyl (C=O) groups is 4. The van der Waals surface area contributed by atoms with Gasteiger partial charge in [-0.2, -0.15) is 13.2 Å². The van der Waals surface area contributed by atoms with Crippen LogP contribution in [0.2, 0.25) is 0 Å². The molecule has 0 radical (unpaired) electrons. The van der Waals surface area contributed by atoms with Crippen molar-refractivity contribution in [2.75, 3.05) is 35.3 Å². The number of hydrogen-bond donors (Lipinski definition) is 9. The normalized spacial score (nSPS) is 12.2. The van der Waals surface area contributed by atoms with E-state index in [0.29, 0.717) is 62.7 Å². The maximum Gasteiger partial charge on any atom is 0.420 e. The van der Waals surface area contributed by atoms with Gasteiger partial charge in [0, 0.05) is 136 Å². The van der Waals surface area contributed by atoms with Crippen molar-refractivity contribution in [3.63, 3.8) is 0 Å². The van der Waals surface area contributed by atoms with Crippen molar-refractivity contribution in [1.82, 2.24) is 39.5 Å². The number of benzene rings is 2. The summed E-state index contributed by atoms with van der Waals surface area (Å²) in [4.78, 5) is 91.5. The van der Waals surface area contributed by atoms with Crippen LogP contribution in [-0.2, 0) is 90.5 Å². The Bertz CT molecular complexity index is 3580. The number of ether oxygens (including phenoxy) is 3. The Morgan fingerprint density at radius 1 is 0.562 bits per heavy atom. The molecule has 0 spiro atoms. The van der Waals surface area contributed by atoms with Gasteiger partial charge in [0.05, 0.1) is 24.3 Å².